The minimum absolute atomic E-state index is 0.00137. The zero-order valence-corrected chi connectivity index (χ0v) is 9.13. The van der Waals surface area contributed by atoms with E-state index in [2.05, 4.69) is 10.3 Å². The van der Waals surface area contributed by atoms with E-state index < -0.39 is 5.97 Å². The van der Waals surface area contributed by atoms with Crippen LogP contribution in [0.2, 0.25) is 0 Å². The van der Waals surface area contributed by atoms with E-state index in [1.807, 2.05) is 30.3 Å². The molecule has 4 heteroatoms. The highest BCUT2D eigenvalue weighted by Gasteiger charge is 2.01. The average molecular weight is 228 g/mol. The van der Waals surface area contributed by atoms with Crippen LogP contribution in [0, 0.1) is 0 Å². The molecule has 4 nitrogen and oxygen atoms in total. The number of benzene rings is 1. The zero-order chi connectivity index (χ0) is 12.1. The first-order valence-corrected chi connectivity index (χ1v) is 5.23. The smallest absolute Gasteiger partial charge is 0.307 e. The molecule has 0 saturated heterocycles. The van der Waals surface area contributed by atoms with Gasteiger partial charge in [0, 0.05) is 11.9 Å². The molecule has 2 rings (SSSR count). The minimum Gasteiger partial charge on any atom is -0.481 e. The van der Waals surface area contributed by atoms with E-state index in [-0.39, 0.29) is 6.42 Å². The summed E-state index contributed by atoms with van der Waals surface area (Å²) in [6.07, 6.45) is 1.57. The quantitative estimate of drug-likeness (QED) is 0.843. The predicted octanol–water partition coefficient (Wildman–Crippen LogP) is 2.45. The number of para-hydroxylation sites is 1. The first-order chi connectivity index (χ1) is 8.24. The molecule has 17 heavy (non-hydrogen) atoms. The number of aliphatic carboxylic acids is 1. The van der Waals surface area contributed by atoms with Crippen molar-refractivity contribution in [2.45, 2.75) is 6.42 Å². The Kier molecular flexibility index (Phi) is 3.35. The van der Waals surface area contributed by atoms with E-state index >= 15 is 0 Å². The third-order valence-electron chi connectivity index (χ3n) is 2.23. The molecule has 1 heterocycles. The van der Waals surface area contributed by atoms with E-state index in [9.17, 15) is 4.79 Å². The number of rotatable bonds is 4. The fourth-order valence-electron chi connectivity index (χ4n) is 1.45. The minimum atomic E-state index is -0.851. The van der Waals surface area contributed by atoms with Crippen LogP contribution in [-0.4, -0.2) is 16.1 Å². The molecule has 1 aromatic carbocycles. The Hall–Kier alpha value is -2.36. The number of carboxylic acid groups (broad SMARTS) is 1. The Morgan fingerprint density at radius 1 is 1.18 bits per heavy atom. The van der Waals surface area contributed by atoms with Gasteiger partial charge in [0.2, 0.25) is 0 Å². The molecule has 0 aliphatic rings. The van der Waals surface area contributed by atoms with Crippen molar-refractivity contribution in [1.29, 1.82) is 0 Å². The maximum absolute atomic E-state index is 10.5. The van der Waals surface area contributed by atoms with Crippen LogP contribution in [0.15, 0.2) is 48.7 Å². The second-order valence-electron chi connectivity index (χ2n) is 3.61. The number of nitrogens with one attached hydrogen (secondary N) is 1. The van der Waals surface area contributed by atoms with Crippen LogP contribution < -0.4 is 5.32 Å². The van der Waals surface area contributed by atoms with Crippen LogP contribution in [0.25, 0.3) is 0 Å². The highest BCUT2D eigenvalue weighted by atomic mass is 16.4. The van der Waals surface area contributed by atoms with E-state index in [0.29, 0.717) is 11.4 Å². The Bertz CT molecular complexity index is 495. The van der Waals surface area contributed by atoms with E-state index in [0.717, 1.165) is 5.69 Å². The molecule has 2 N–H and O–H groups in total. The van der Waals surface area contributed by atoms with Crippen molar-refractivity contribution in [3.63, 3.8) is 0 Å². The summed E-state index contributed by atoms with van der Waals surface area (Å²) in [5, 5.41) is 11.8. The van der Waals surface area contributed by atoms with Crippen molar-refractivity contribution in [1.82, 2.24) is 4.98 Å². The molecular formula is C13H12N2O2. The number of carboxylic acids is 1. The first-order valence-electron chi connectivity index (χ1n) is 5.23. The van der Waals surface area contributed by atoms with E-state index in [1.54, 1.807) is 18.3 Å². The topological polar surface area (TPSA) is 62.2 Å². The summed E-state index contributed by atoms with van der Waals surface area (Å²) in [6, 6.07) is 13.2. The largest absolute Gasteiger partial charge is 0.481 e. The number of hydrogen-bond acceptors (Lipinski definition) is 3. The van der Waals surface area contributed by atoms with E-state index in [1.165, 1.54) is 0 Å². The molecule has 1 aromatic heterocycles. The number of nitrogens with zero attached hydrogens (tertiary/aromatic N) is 1. The Labute approximate surface area is 98.9 Å². The standard InChI is InChI=1S/C13H12N2O2/c16-13(17)8-10-6-7-12(14-9-10)15-11-4-2-1-3-5-11/h1-7,9H,8H2,(H,14,15)(H,16,17). The lowest BCUT2D eigenvalue weighted by molar-refractivity contribution is -0.136. The van der Waals surface area contributed by atoms with Crippen molar-refractivity contribution in [2.24, 2.45) is 0 Å². The second-order valence-corrected chi connectivity index (χ2v) is 3.61. The second kappa shape index (κ2) is 5.12. The molecule has 0 fully saturated rings. The zero-order valence-electron chi connectivity index (χ0n) is 9.13. The summed E-state index contributed by atoms with van der Waals surface area (Å²) in [5.74, 6) is -0.152. The normalized spacial score (nSPS) is 9.88. The molecule has 2 aromatic rings. The summed E-state index contributed by atoms with van der Waals surface area (Å²) in [5.41, 5.74) is 1.64. The van der Waals surface area contributed by atoms with Crippen LogP contribution in [-0.2, 0) is 11.2 Å². The van der Waals surface area contributed by atoms with Crippen molar-refractivity contribution in [2.75, 3.05) is 5.32 Å². The molecule has 0 atom stereocenters. The third-order valence-corrected chi connectivity index (χ3v) is 2.23. The lowest BCUT2D eigenvalue weighted by Gasteiger charge is -2.05. The number of hydrogen-bond donors (Lipinski definition) is 2. The maximum Gasteiger partial charge on any atom is 0.307 e. The molecule has 0 radical (unpaired) electrons. The molecule has 0 aliphatic heterocycles. The monoisotopic (exact) mass is 228 g/mol. The Balaban J connectivity index is 2.06. The first kappa shape index (κ1) is 11.1. The van der Waals surface area contributed by atoms with Crippen LogP contribution in [0.5, 0.6) is 0 Å². The van der Waals surface area contributed by atoms with Gasteiger partial charge < -0.3 is 10.4 Å². The van der Waals surface area contributed by atoms with Gasteiger partial charge in [-0.25, -0.2) is 4.98 Å². The number of aromatic nitrogens is 1. The molecule has 0 bridgehead atoms. The lowest BCUT2D eigenvalue weighted by atomic mass is 10.2. The number of pyridine rings is 1. The van der Waals surface area contributed by atoms with Gasteiger partial charge in [0.1, 0.15) is 5.82 Å². The molecule has 0 saturated carbocycles. The van der Waals surface area contributed by atoms with Gasteiger partial charge in [-0.3, -0.25) is 4.79 Å². The van der Waals surface area contributed by atoms with Crippen LogP contribution in [0.4, 0.5) is 11.5 Å². The number of anilines is 2. The fraction of sp³-hybridized carbons (Fsp3) is 0.0769. The van der Waals surface area contributed by atoms with Crippen LogP contribution in [0.1, 0.15) is 5.56 Å². The van der Waals surface area contributed by atoms with E-state index in [4.69, 9.17) is 5.11 Å². The highest BCUT2D eigenvalue weighted by Crippen LogP contribution is 2.13. The highest BCUT2D eigenvalue weighted by molar-refractivity contribution is 5.70. The van der Waals surface area contributed by atoms with Gasteiger partial charge in [-0.15, -0.1) is 0 Å². The number of carbonyl (C=O) groups is 1. The van der Waals surface area contributed by atoms with Gasteiger partial charge in [-0.1, -0.05) is 24.3 Å². The van der Waals surface area contributed by atoms with Gasteiger partial charge in [0.15, 0.2) is 0 Å². The van der Waals surface area contributed by atoms with Crippen LogP contribution in [0.3, 0.4) is 0 Å². The SMILES string of the molecule is O=C(O)Cc1ccc(Nc2ccccc2)nc1. The van der Waals surface area contributed by atoms with Gasteiger partial charge >= 0.3 is 5.97 Å². The van der Waals surface area contributed by atoms with Crippen molar-refractivity contribution >= 4 is 17.5 Å². The predicted molar refractivity (Wildman–Crippen MR) is 65.3 cm³/mol. The molecule has 0 spiro atoms. The van der Waals surface area contributed by atoms with Gasteiger partial charge in [-0.2, -0.15) is 0 Å². The molecule has 86 valence electrons. The van der Waals surface area contributed by atoms with Crippen molar-refractivity contribution < 1.29 is 9.90 Å². The summed E-state index contributed by atoms with van der Waals surface area (Å²) >= 11 is 0. The summed E-state index contributed by atoms with van der Waals surface area (Å²) in [7, 11) is 0. The average Bonchev–Trinajstić information content (AvgIpc) is 2.32. The molecule has 0 aliphatic carbocycles. The molecule has 0 unspecified atom stereocenters. The lowest BCUT2D eigenvalue weighted by Crippen LogP contribution is -2.01. The van der Waals surface area contributed by atoms with Gasteiger partial charge in [0.05, 0.1) is 6.42 Å². The summed E-state index contributed by atoms with van der Waals surface area (Å²) < 4.78 is 0. The van der Waals surface area contributed by atoms with Gasteiger partial charge in [0.25, 0.3) is 0 Å². The summed E-state index contributed by atoms with van der Waals surface area (Å²) in [6.45, 7) is 0. The maximum atomic E-state index is 10.5. The summed E-state index contributed by atoms with van der Waals surface area (Å²) in [4.78, 5) is 14.7. The Morgan fingerprint density at radius 2 is 1.94 bits per heavy atom. The van der Waals surface area contributed by atoms with Crippen LogP contribution >= 0.6 is 0 Å². The molecule has 0 amide bonds. The van der Waals surface area contributed by atoms with Gasteiger partial charge in [-0.05, 0) is 23.8 Å². The van der Waals surface area contributed by atoms with Crippen molar-refractivity contribution in [3.8, 4) is 0 Å². The van der Waals surface area contributed by atoms with Crippen molar-refractivity contribution in [3.05, 3.63) is 54.2 Å². The fourth-order valence-corrected chi connectivity index (χ4v) is 1.45. The Morgan fingerprint density at radius 3 is 2.53 bits per heavy atom. The molecular weight excluding hydrogens is 216 g/mol. The third kappa shape index (κ3) is 3.31.